The molecule has 1 aromatic rings. The number of nitrogens with zero attached hydrogens (tertiary/aromatic N) is 1. The highest BCUT2D eigenvalue weighted by Crippen LogP contribution is 2.35. The normalized spacial score (nSPS) is 23.5. The Morgan fingerprint density at radius 1 is 1.30 bits per heavy atom. The standard InChI is InChI=1S/C15H17FN2O2/c1-9-2-5-11(8-12(9)16)18-7-6-13(19)17-14(15(18)20)10-3-4-10/h2,5,8,10,14H,3-4,6-7H2,1H3,(H,17,19). The third-order valence-corrected chi connectivity index (χ3v) is 3.97. The van der Waals surface area contributed by atoms with E-state index in [1.54, 1.807) is 19.1 Å². The van der Waals surface area contributed by atoms with Crippen molar-refractivity contribution in [1.82, 2.24) is 5.32 Å². The minimum atomic E-state index is -0.450. The first-order valence-corrected chi connectivity index (χ1v) is 6.93. The van der Waals surface area contributed by atoms with Gasteiger partial charge < -0.3 is 10.2 Å². The summed E-state index contributed by atoms with van der Waals surface area (Å²) in [4.78, 5) is 25.8. The van der Waals surface area contributed by atoms with Gasteiger partial charge in [0, 0.05) is 18.7 Å². The summed E-state index contributed by atoms with van der Waals surface area (Å²) >= 11 is 0. The molecule has 0 spiro atoms. The number of aryl methyl sites for hydroxylation is 1. The molecule has 1 aliphatic carbocycles. The zero-order valence-corrected chi connectivity index (χ0v) is 11.4. The number of benzene rings is 1. The molecule has 0 aromatic heterocycles. The van der Waals surface area contributed by atoms with Crippen LogP contribution in [0.4, 0.5) is 10.1 Å². The van der Waals surface area contributed by atoms with Gasteiger partial charge in [-0.15, -0.1) is 0 Å². The molecule has 4 nitrogen and oxygen atoms in total. The van der Waals surface area contributed by atoms with Crippen molar-refractivity contribution in [3.63, 3.8) is 0 Å². The van der Waals surface area contributed by atoms with E-state index in [1.165, 1.54) is 11.0 Å². The lowest BCUT2D eigenvalue weighted by atomic mass is 10.1. The molecule has 2 fully saturated rings. The summed E-state index contributed by atoms with van der Waals surface area (Å²) < 4.78 is 13.7. The summed E-state index contributed by atoms with van der Waals surface area (Å²) in [6.07, 6.45) is 2.18. The molecule has 2 amide bonds. The van der Waals surface area contributed by atoms with Crippen molar-refractivity contribution >= 4 is 17.5 Å². The average Bonchev–Trinajstić information content (AvgIpc) is 3.23. The van der Waals surface area contributed by atoms with Crippen molar-refractivity contribution in [2.45, 2.75) is 32.2 Å². The third kappa shape index (κ3) is 2.40. The Morgan fingerprint density at radius 3 is 2.70 bits per heavy atom. The zero-order valence-electron chi connectivity index (χ0n) is 11.4. The van der Waals surface area contributed by atoms with Gasteiger partial charge >= 0.3 is 0 Å². The molecule has 1 heterocycles. The summed E-state index contributed by atoms with van der Waals surface area (Å²) in [5.74, 6) is -0.323. The molecule has 20 heavy (non-hydrogen) atoms. The summed E-state index contributed by atoms with van der Waals surface area (Å²) in [5, 5.41) is 2.79. The van der Waals surface area contributed by atoms with Crippen LogP contribution in [-0.2, 0) is 9.59 Å². The fourth-order valence-corrected chi connectivity index (χ4v) is 2.55. The first kappa shape index (κ1) is 13.1. The van der Waals surface area contributed by atoms with E-state index in [2.05, 4.69) is 5.32 Å². The Kier molecular flexibility index (Phi) is 3.20. The molecule has 0 bridgehead atoms. The minimum Gasteiger partial charge on any atom is -0.344 e. The van der Waals surface area contributed by atoms with Gasteiger partial charge in [-0.05, 0) is 43.4 Å². The fraction of sp³-hybridized carbons (Fsp3) is 0.467. The minimum absolute atomic E-state index is 0.106. The lowest BCUT2D eigenvalue weighted by molar-refractivity contribution is -0.126. The Balaban J connectivity index is 1.91. The van der Waals surface area contributed by atoms with E-state index in [4.69, 9.17) is 0 Å². The fourth-order valence-electron chi connectivity index (χ4n) is 2.55. The summed E-state index contributed by atoms with van der Waals surface area (Å²) in [6, 6.07) is 4.31. The first-order chi connectivity index (χ1) is 9.56. The van der Waals surface area contributed by atoms with E-state index in [1.807, 2.05) is 0 Å². The monoisotopic (exact) mass is 276 g/mol. The SMILES string of the molecule is Cc1ccc(N2CCC(=O)NC(C3CC3)C2=O)cc1F. The molecular weight excluding hydrogens is 259 g/mol. The molecule has 1 saturated carbocycles. The molecule has 1 saturated heterocycles. The molecule has 1 atom stereocenters. The van der Waals surface area contributed by atoms with Crippen molar-refractivity contribution in [3.05, 3.63) is 29.6 Å². The van der Waals surface area contributed by atoms with Crippen molar-refractivity contribution in [1.29, 1.82) is 0 Å². The van der Waals surface area contributed by atoms with Gasteiger partial charge in [0.15, 0.2) is 0 Å². The summed E-state index contributed by atoms with van der Waals surface area (Å²) in [7, 11) is 0. The topological polar surface area (TPSA) is 49.4 Å². The van der Waals surface area contributed by atoms with Crippen LogP contribution >= 0.6 is 0 Å². The van der Waals surface area contributed by atoms with Crippen LogP contribution in [0.15, 0.2) is 18.2 Å². The zero-order chi connectivity index (χ0) is 14.3. The Morgan fingerprint density at radius 2 is 2.05 bits per heavy atom. The van der Waals surface area contributed by atoms with E-state index in [9.17, 15) is 14.0 Å². The second-order valence-corrected chi connectivity index (χ2v) is 5.56. The van der Waals surface area contributed by atoms with Crippen LogP contribution in [0.3, 0.4) is 0 Å². The number of halogens is 1. The smallest absolute Gasteiger partial charge is 0.249 e. The van der Waals surface area contributed by atoms with Crippen molar-refractivity contribution in [2.24, 2.45) is 5.92 Å². The van der Waals surface area contributed by atoms with Crippen LogP contribution in [0.5, 0.6) is 0 Å². The van der Waals surface area contributed by atoms with Gasteiger partial charge in [-0.3, -0.25) is 9.59 Å². The molecule has 1 unspecified atom stereocenters. The van der Waals surface area contributed by atoms with E-state index in [0.29, 0.717) is 17.8 Å². The number of hydrogen-bond acceptors (Lipinski definition) is 2. The highest BCUT2D eigenvalue weighted by Gasteiger charge is 2.41. The van der Waals surface area contributed by atoms with Crippen LogP contribution < -0.4 is 10.2 Å². The molecule has 2 aliphatic rings. The van der Waals surface area contributed by atoms with E-state index < -0.39 is 6.04 Å². The van der Waals surface area contributed by atoms with Crippen LogP contribution in [0.2, 0.25) is 0 Å². The van der Waals surface area contributed by atoms with Gasteiger partial charge in [-0.1, -0.05) is 6.07 Å². The maximum absolute atomic E-state index is 13.7. The van der Waals surface area contributed by atoms with Gasteiger partial charge in [-0.25, -0.2) is 4.39 Å². The molecule has 106 valence electrons. The average molecular weight is 276 g/mol. The molecule has 5 heteroatoms. The van der Waals surface area contributed by atoms with Crippen LogP contribution in [-0.4, -0.2) is 24.4 Å². The van der Waals surface area contributed by atoms with E-state index >= 15 is 0 Å². The third-order valence-electron chi connectivity index (χ3n) is 3.97. The maximum Gasteiger partial charge on any atom is 0.249 e. The van der Waals surface area contributed by atoms with Crippen molar-refractivity contribution < 1.29 is 14.0 Å². The highest BCUT2D eigenvalue weighted by molar-refractivity contribution is 6.01. The van der Waals surface area contributed by atoms with Crippen molar-refractivity contribution in [3.8, 4) is 0 Å². The van der Waals surface area contributed by atoms with Crippen LogP contribution in [0.25, 0.3) is 0 Å². The van der Waals surface area contributed by atoms with Crippen molar-refractivity contribution in [2.75, 3.05) is 11.4 Å². The van der Waals surface area contributed by atoms with Gasteiger partial charge in [0.2, 0.25) is 11.8 Å². The lowest BCUT2D eigenvalue weighted by Crippen LogP contribution is -2.46. The number of rotatable bonds is 2. The molecule has 0 radical (unpaired) electrons. The number of carbonyl (C=O) groups is 2. The first-order valence-electron chi connectivity index (χ1n) is 6.93. The van der Waals surface area contributed by atoms with E-state index in [-0.39, 0.29) is 30.0 Å². The number of anilines is 1. The molecule has 3 rings (SSSR count). The van der Waals surface area contributed by atoms with Crippen LogP contribution in [0.1, 0.15) is 24.8 Å². The molecule has 1 aromatic carbocycles. The molecule has 1 N–H and O–H groups in total. The second-order valence-electron chi connectivity index (χ2n) is 5.56. The Labute approximate surface area is 117 Å². The predicted molar refractivity (Wildman–Crippen MR) is 72.8 cm³/mol. The number of hydrogen-bond donors (Lipinski definition) is 1. The Bertz CT molecular complexity index is 569. The predicted octanol–water partition coefficient (Wildman–Crippen LogP) is 1.77. The number of amides is 2. The Hall–Kier alpha value is -1.91. The lowest BCUT2D eigenvalue weighted by Gasteiger charge is -2.24. The number of nitrogens with one attached hydrogen (secondary N) is 1. The highest BCUT2D eigenvalue weighted by atomic mass is 19.1. The number of carbonyl (C=O) groups excluding carboxylic acids is 2. The summed E-state index contributed by atoms with van der Waals surface area (Å²) in [5.41, 5.74) is 1.07. The van der Waals surface area contributed by atoms with Gasteiger partial charge in [-0.2, -0.15) is 0 Å². The molecular formula is C15H17FN2O2. The van der Waals surface area contributed by atoms with Gasteiger partial charge in [0.25, 0.3) is 0 Å². The quantitative estimate of drug-likeness (QED) is 0.895. The van der Waals surface area contributed by atoms with E-state index in [0.717, 1.165) is 12.8 Å². The largest absolute Gasteiger partial charge is 0.344 e. The molecule has 1 aliphatic heterocycles. The van der Waals surface area contributed by atoms with Gasteiger partial charge in [0.05, 0.1) is 0 Å². The second kappa shape index (κ2) is 4.89. The van der Waals surface area contributed by atoms with Crippen LogP contribution in [0, 0.1) is 18.7 Å². The maximum atomic E-state index is 13.7. The summed E-state index contributed by atoms with van der Waals surface area (Å²) in [6.45, 7) is 1.98. The van der Waals surface area contributed by atoms with Gasteiger partial charge in [0.1, 0.15) is 11.9 Å².